The van der Waals surface area contributed by atoms with E-state index in [0.717, 1.165) is 24.0 Å². The van der Waals surface area contributed by atoms with Crippen LogP contribution in [-0.2, 0) is 22.4 Å². The van der Waals surface area contributed by atoms with Gasteiger partial charge in [0.15, 0.2) is 0 Å². The molecule has 0 radical (unpaired) electrons. The van der Waals surface area contributed by atoms with E-state index in [1.54, 1.807) is 18.2 Å². The number of carbonyl (C=O) groups excluding carboxylic acids is 2. The molecular formula is C26H25Cl2NO4S. The average Bonchev–Trinajstić information content (AvgIpc) is 3.25. The first-order valence-electron chi connectivity index (χ1n) is 11.2. The maximum absolute atomic E-state index is 12.6. The molecule has 1 aliphatic carbocycles. The summed E-state index contributed by atoms with van der Waals surface area (Å²) < 4.78 is 10.7. The number of amides is 1. The summed E-state index contributed by atoms with van der Waals surface area (Å²) in [6.45, 7) is 0.323. The molecule has 0 saturated carbocycles. The molecule has 8 heteroatoms. The monoisotopic (exact) mass is 517 g/mol. The quantitative estimate of drug-likeness (QED) is 0.253. The number of hydrogen-bond acceptors (Lipinski definition) is 5. The van der Waals surface area contributed by atoms with Crippen LogP contribution in [0.15, 0.2) is 41.8 Å². The minimum Gasteiger partial charge on any atom is -0.492 e. The standard InChI is InChI=1S/C26H25Cl2NO4S/c1-32-26(31)24-20(18-9-8-16-5-2-3-6-17(16)13-18)15-34-25(24)29-23(30)7-4-12-33-22-11-10-19(27)14-21(22)28/h8-11,13-15H,2-7,12H2,1H3,(H,29,30). The number of esters is 1. The Balaban J connectivity index is 1.42. The van der Waals surface area contributed by atoms with Crippen LogP contribution in [0.5, 0.6) is 5.75 Å². The topological polar surface area (TPSA) is 64.6 Å². The van der Waals surface area contributed by atoms with E-state index in [1.807, 2.05) is 11.4 Å². The maximum atomic E-state index is 12.6. The molecule has 3 aromatic rings. The highest BCUT2D eigenvalue weighted by molar-refractivity contribution is 7.15. The highest BCUT2D eigenvalue weighted by Crippen LogP contribution is 2.38. The molecule has 1 aliphatic rings. The van der Waals surface area contributed by atoms with E-state index in [1.165, 1.54) is 42.4 Å². The first-order chi connectivity index (χ1) is 16.5. The molecule has 0 unspecified atom stereocenters. The van der Waals surface area contributed by atoms with Gasteiger partial charge in [0, 0.05) is 22.4 Å². The largest absolute Gasteiger partial charge is 0.492 e. The van der Waals surface area contributed by atoms with E-state index in [4.69, 9.17) is 32.7 Å². The van der Waals surface area contributed by atoms with E-state index in [9.17, 15) is 9.59 Å². The fourth-order valence-electron chi connectivity index (χ4n) is 4.06. The second kappa shape index (κ2) is 11.3. The molecule has 0 aliphatic heterocycles. The van der Waals surface area contributed by atoms with Crippen molar-refractivity contribution < 1.29 is 19.1 Å². The fourth-order valence-corrected chi connectivity index (χ4v) is 5.50. The third kappa shape index (κ3) is 5.74. The lowest BCUT2D eigenvalue weighted by atomic mass is 9.89. The Kier molecular flexibility index (Phi) is 8.14. The Bertz CT molecular complexity index is 1210. The van der Waals surface area contributed by atoms with Crippen molar-refractivity contribution in [3.63, 3.8) is 0 Å². The minimum absolute atomic E-state index is 0.199. The van der Waals surface area contributed by atoms with Gasteiger partial charge in [-0.15, -0.1) is 11.3 Å². The molecule has 5 nitrogen and oxygen atoms in total. The highest BCUT2D eigenvalue weighted by Gasteiger charge is 2.23. The van der Waals surface area contributed by atoms with Crippen LogP contribution in [0, 0.1) is 0 Å². The van der Waals surface area contributed by atoms with Gasteiger partial charge in [-0.1, -0.05) is 41.4 Å². The predicted octanol–water partition coefficient (Wildman–Crippen LogP) is 7.19. The number of benzene rings is 2. The number of hydrogen-bond donors (Lipinski definition) is 1. The van der Waals surface area contributed by atoms with Crippen LogP contribution < -0.4 is 10.1 Å². The molecule has 0 bridgehead atoms. The highest BCUT2D eigenvalue weighted by atomic mass is 35.5. The first kappa shape index (κ1) is 24.6. The second-order valence-electron chi connectivity index (χ2n) is 8.11. The van der Waals surface area contributed by atoms with Crippen LogP contribution in [0.2, 0.25) is 10.0 Å². The second-order valence-corrected chi connectivity index (χ2v) is 9.83. The zero-order valence-corrected chi connectivity index (χ0v) is 21.1. The number of aryl methyl sites for hydroxylation is 2. The van der Waals surface area contributed by atoms with E-state index < -0.39 is 5.97 Å². The van der Waals surface area contributed by atoms with E-state index in [2.05, 4.69) is 17.4 Å². The SMILES string of the molecule is COC(=O)c1c(-c2ccc3c(c2)CCCC3)csc1NC(=O)CCCOc1ccc(Cl)cc1Cl. The number of carbonyl (C=O) groups is 2. The molecule has 1 heterocycles. The number of halogens is 2. The van der Waals surface area contributed by atoms with Gasteiger partial charge in [-0.25, -0.2) is 4.79 Å². The van der Waals surface area contributed by atoms with Gasteiger partial charge >= 0.3 is 5.97 Å². The van der Waals surface area contributed by atoms with Gasteiger partial charge in [-0.3, -0.25) is 4.79 Å². The number of anilines is 1. The first-order valence-corrected chi connectivity index (χ1v) is 12.8. The molecule has 4 rings (SSSR count). The van der Waals surface area contributed by atoms with Crippen LogP contribution in [-0.4, -0.2) is 25.6 Å². The molecule has 2 aromatic carbocycles. The number of fused-ring (bicyclic) bond motifs is 1. The van der Waals surface area contributed by atoms with Gasteiger partial charge < -0.3 is 14.8 Å². The fraction of sp³-hybridized carbons (Fsp3) is 0.308. The van der Waals surface area contributed by atoms with Crippen LogP contribution in [0.4, 0.5) is 5.00 Å². The van der Waals surface area contributed by atoms with E-state index in [0.29, 0.717) is 39.4 Å². The molecule has 34 heavy (non-hydrogen) atoms. The van der Waals surface area contributed by atoms with Crippen LogP contribution >= 0.6 is 34.5 Å². The Labute approximate surface area is 213 Å². The zero-order chi connectivity index (χ0) is 24.1. The molecule has 0 spiro atoms. The summed E-state index contributed by atoms with van der Waals surface area (Å²) in [5.41, 5.74) is 4.84. The summed E-state index contributed by atoms with van der Waals surface area (Å²) >= 11 is 13.3. The average molecular weight is 518 g/mol. The summed E-state index contributed by atoms with van der Waals surface area (Å²) in [5.74, 6) is -0.146. The van der Waals surface area contributed by atoms with Crippen molar-refractivity contribution in [2.24, 2.45) is 0 Å². The predicted molar refractivity (Wildman–Crippen MR) is 138 cm³/mol. The number of nitrogens with one attached hydrogen (secondary N) is 1. The number of ether oxygens (including phenoxy) is 2. The van der Waals surface area contributed by atoms with Gasteiger partial charge in [0.25, 0.3) is 0 Å². The van der Waals surface area contributed by atoms with Gasteiger partial charge in [-0.05, 0) is 67.0 Å². The van der Waals surface area contributed by atoms with Crippen molar-refractivity contribution >= 4 is 51.4 Å². The van der Waals surface area contributed by atoms with Crippen molar-refractivity contribution in [3.05, 3.63) is 68.5 Å². The van der Waals surface area contributed by atoms with Gasteiger partial charge in [0.05, 0.1) is 18.7 Å². The third-order valence-electron chi connectivity index (χ3n) is 5.79. The van der Waals surface area contributed by atoms with Crippen LogP contribution in [0.1, 0.15) is 47.2 Å². The molecule has 0 atom stereocenters. The van der Waals surface area contributed by atoms with Gasteiger partial charge in [-0.2, -0.15) is 0 Å². The normalized spacial score (nSPS) is 12.7. The van der Waals surface area contributed by atoms with Crippen LogP contribution in [0.3, 0.4) is 0 Å². The summed E-state index contributed by atoms with van der Waals surface area (Å²) in [5, 5.41) is 6.22. The maximum Gasteiger partial charge on any atom is 0.341 e. The molecule has 0 fully saturated rings. The van der Waals surface area contributed by atoms with Crippen LogP contribution in [0.25, 0.3) is 11.1 Å². The Morgan fingerprint density at radius 1 is 1.06 bits per heavy atom. The summed E-state index contributed by atoms with van der Waals surface area (Å²) in [4.78, 5) is 25.2. The summed E-state index contributed by atoms with van der Waals surface area (Å²) in [6.07, 6.45) is 5.26. The Morgan fingerprint density at radius 2 is 1.85 bits per heavy atom. The minimum atomic E-state index is -0.468. The zero-order valence-electron chi connectivity index (χ0n) is 18.8. The van der Waals surface area contributed by atoms with E-state index >= 15 is 0 Å². The smallest absolute Gasteiger partial charge is 0.341 e. The molecular weight excluding hydrogens is 493 g/mol. The Morgan fingerprint density at radius 3 is 2.62 bits per heavy atom. The summed E-state index contributed by atoms with van der Waals surface area (Å²) in [7, 11) is 1.35. The van der Waals surface area contributed by atoms with Gasteiger partial charge in [0.2, 0.25) is 5.91 Å². The van der Waals surface area contributed by atoms with Gasteiger partial charge in [0.1, 0.15) is 16.3 Å². The third-order valence-corrected chi connectivity index (χ3v) is 7.22. The van der Waals surface area contributed by atoms with Crippen molar-refractivity contribution in [1.29, 1.82) is 0 Å². The van der Waals surface area contributed by atoms with Crippen molar-refractivity contribution in [3.8, 4) is 16.9 Å². The van der Waals surface area contributed by atoms with Crippen molar-refractivity contribution in [2.75, 3.05) is 19.0 Å². The summed E-state index contributed by atoms with van der Waals surface area (Å²) in [6, 6.07) is 11.4. The number of rotatable bonds is 8. The lowest BCUT2D eigenvalue weighted by molar-refractivity contribution is -0.116. The lowest BCUT2D eigenvalue weighted by Gasteiger charge is -2.16. The molecule has 1 N–H and O–H groups in total. The van der Waals surface area contributed by atoms with E-state index in [-0.39, 0.29) is 12.3 Å². The lowest BCUT2D eigenvalue weighted by Crippen LogP contribution is -2.15. The molecule has 178 valence electrons. The molecule has 0 saturated heterocycles. The molecule has 1 aromatic heterocycles. The Hall–Kier alpha value is -2.54. The van der Waals surface area contributed by atoms with Crippen molar-refractivity contribution in [1.82, 2.24) is 0 Å². The van der Waals surface area contributed by atoms with Crippen molar-refractivity contribution in [2.45, 2.75) is 38.5 Å². The molecule has 1 amide bonds. The number of methoxy groups -OCH3 is 1. The number of thiophene rings is 1.